The van der Waals surface area contributed by atoms with Crippen LogP contribution in [0.25, 0.3) is 11.2 Å². The van der Waals surface area contributed by atoms with Crippen molar-refractivity contribution in [2.75, 3.05) is 0 Å². The standard InChI is InChI=1S/C17H17N7O5/c1-10-4-5-11(6-12(10)24(28)29)7-19-20-13(25)8-23-9-18-14-15(23)21(2)17(27)22(3)16(14)26/h4-7,9H,8H2,1-3H3,(H,20,25)/b19-7+. The summed E-state index contributed by atoms with van der Waals surface area (Å²) in [4.78, 5) is 50.8. The summed E-state index contributed by atoms with van der Waals surface area (Å²) in [5.41, 5.74) is 2.40. The Labute approximate surface area is 162 Å². The van der Waals surface area contributed by atoms with Gasteiger partial charge in [-0.15, -0.1) is 0 Å². The molecule has 0 atom stereocenters. The van der Waals surface area contributed by atoms with E-state index in [-0.39, 0.29) is 23.4 Å². The predicted molar refractivity (Wildman–Crippen MR) is 104 cm³/mol. The molecule has 1 N–H and O–H groups in total. The Hall–Kier alpha value is -4.09. The molecule has 0 bridgehead atoms. The molecule has 1 amide bonds. The number of imidazole rings is 1. The summed E-state index contributed by atoms with van der Waals surface area (Å²) in [5, 5.41) is 14.8. The van der Waals surface area contributed by atoms with Gasteiger partial charge in [0.15, 0.2) is 5.52 Å². The number of aromatic nitrogens is 4. The van der Waals surface area contributed by atoms with Crippen LogP contribution in [0.4, 0.5) is 5.69 Å². The lowest BCUT2D eigenvalue weighted by Gasteiger charge is -2.07. The lowest BCUT2D eigenvalue weighted by Crippen LogP contribution is -2.37. The number of hydrazone groups is 1. The van der Waals surface area contributed by atoms with Crippen LogP contribution in [0.1, 0.15) is 11.1 Å². The van der Waals surface area contributed by atoms with Gasteiger partial charge in [-0.05, 0) is 6.92 Å². The highest BCUT2D eigenvalue weighted by Gasteiger charge is 2.15. The molecule has 0 radical (unpaired) electrons. The number of nitro groups is 1. The Bertz CT molecular complexity index is 1280. The highest BCUT2D eigenvalue weighted by Crippen LogP contribution is 2.18. The van der Waals surface area contributed by atoms with Gasteiger partial charge in [0.25, 0.3) is 17.2 Å². The van der Waals surface area contributed by atoms with Crippen molar-refractivity contribution in [2.24, 2.45) is 19.2 Å². The minimum absolute atomic E-state index is 0.0485. The highest BCUT2D eigenvalue weighted by molar-refractivity contribution is 5.84. The van der Waals surface area contributed by atoms with Crippen LogP contribution in [-0.4, -0.2) is 35.7 Å². The first-order valence-corrected chi connectivity index (χ1v) is 8.38. The van der Waals surface area contributed by atoms with E-state index >= 15 is 0 Å². The summed E-state index contributed by atoms with van der Waals surface area (Å²) in [5.74, 6) is -0.532. The second-order valence-electron chi connectivity index (χ2n) is 6.35. The van der Waals surface area contributed by atoms with Crippen LogP contribution in [0.2, 0.25) is 0 Å². The number of amides is 1. The molecule has 3 aromatic rings. The van der Waals surface area contributed by atoms with Gasteiger partial charge in [0.2, 0.25) is 0 Å². The lowest BCUT2D eigenvalue weighted by atomic mass is 10.1. The average Bonchev–Trinajstić information content (AvgIpc) is 3.09. The van der Waals surface area contributed by atoms with Crippen LogP contribution in [0, 0.1) is 17.0 Å². The van der Waals surface area contributed by atoms with Crippen LogP contribution in [-0.2, 0) is 25.4 Å². The number of rotatable bonds is 5. The number of aryl methyl sites for hydroxylation is 2. The summed E-state index contributed by atoms with van der Waals surface area (Å²) in [7, 11) is 2.82. The fourth-order valence-corrected chi connectivity index (χ4v) is 2.83. The molecule has 1 aromatic carbocycles. The Morgan fingerprint density at radius 3 is 2.72 bits per heavy atom. The van der Waals surface area contributed by atoms with E-state index in [1.165, 1.54) is 41.8 Å². The van der Waals surface area contributed by atoms with Gasteiger partial charge in [0.1, 0.15) is 12.2 Å². The molecule has 12 nitrogen and oxygen atoms in total. The molecule has 150 valence electrons. The van der Waals surface area contributed by atoms with Crippen LogP contribution >= 0.6 is 0 Å². The number of fused-ring (bicyclic) bond motifs is 1. The van der Waals surface area contributed by atoms with E-state index in [4.69, 9.17) is 0 Å². The molecule has 0 aliphatic heterocycles. The molecule has 0 spiro atoms. The number of benzene rings is 1. The van der Waals surface area contributed by atoms with Crippen LogP contribution < -0.4 is 16.7 Å². The fraction of sp³-hybridized carbons (Fsp3) is 0.235. The van der Waals surface area contributed by atoms with Gasteiger partial charge in [-0.3, -0.25) is 28.8 Å². The van der Waals surface area contributed by atoms with Crippen molar-refractivity contribution in [3.05, 3.63) is 66.6 Å². The molecule has 3 rings (SSSR count). The van der Waals surface area contributed by atoms with Gasteiger partial charge in [-0.25, -0.2) is 15.2 Å². The number of nitro benzene ring substituents is 1. The van der Waals surface area contributed by atoms with Crippen molar-refractivity contribution in [1.82, 2.24) is 24.1 Å². The summed E-state index contributed by atoms with van der Waals surface area (Å²) >= 11 is 0. The molecule has 2 heterocycles. The van der Waals surface area contributed by atoms with Gasteiger partial charge in [-0.1, -0.05) is 12.1 Å². The van der Waals surface area contributed by atoms with Gasteiger partial charge < -0.3 is 4.57 Å². The monoisotopic (exact) mass is 399 g/mol. The maximum Gasteiger partial charge on any atom is 0.332 e. The quantitative estimate of drug-likeness (QED) is 0.357. The molecule has 0 unspecified atom stereocenters. The molecule has 0 aliphatic carbocycles. The molecule has 0 aliphatic rings. The number of nitrogens with zero attached hydrogens (tertiary/aromatic N) is 6. The van der Waals surface area contributed by atoms with E-state index in [1.54, 1.807) is 19.1 Å². The van der Waals surface area contributed by atoms with E-state index in [1.807, 2.05) is 0 Å². The summed E-state index contributed by atoms with van der Waals surface area (Å²) in [6.07, 6.45) is 2.57. The molecule has 29 heavy (non-hydrogen) atoms. The third kappa shape index (κ3) is 3.67. The topological polar surface area (TPSA) is 146 Å². The number of nitrogens with one attached hydrogen (secondary N) is 1. The van der Waals surface area contributed by atoms with Crippen LogP contribution in [0.3, 0.4) is 0 Å². The Morgan fingerprint density at radius 1 is 1.31 bits per heavy atom. The largest absolute Gasteiger partial charge is 0.332 e. The summed E-state index contributed by atoms with van der Waals surface area (Å²) in [6, 6.07) is 4.56. The molecule has 0 saturated carbocycles. The van der Waals surface area contributed by atoms with Gasteiger partial charge in [-0.2, -0.15) is 5.10 Å². The third-order valence-corrected chi connectivity index (χ3v) is 4.36. The Kier molecular flexibility index (Phi) is 5.08. The molecule has 2 aromatic heterocycles. The predicted octanol–water partition coefficient (Wildman–Crippen LogP) is -0.199. The van der Waals surface area contributed by atoms with Gasteiger partial charge >= 0.3 is 5.69 Å². The third-order valence-electron chi connectivity index (χ3n) is 4.36. The molecular weight excluding hydrogens is 382 g/mol. The molecular formula is C17H17N7O5. The Balaban J connectivity index is 1.78. The molecule has 0 fully saturated rings. The zero-order valence-corrected chi connectivity index (χ0v) is 15.8. The van der Waals surface area contributed by atoms with Crippen molar-refractivity contribution >= 4 is 29.0 Å². The minimum Gasteiger partial charge on any atom is -0.307 e. The fourth-order valence-electron chi connectivity index (χ4n) is 2.83. The molecule has 0 saturated heterocycles. The van der Waals surface area contributed by atoms with E-state index in [2.05, 4.69) is 15.5 Å². The van der Waals surface area contributed by atoms with E-state index in [9.17, 15) is 24.5 Å². The van der Waals surface area contributed by atoms with Gasteiger partial charge in [0, 0.05) is 31.3 Å². The number of carbonyl (C=O) groups excluding carboxylic acids is 1. The van der Waals surface area contributed by atoms with Gasteiger partial charge in [0.05, 0.1) is 17.5 Å². The number of hydrogen-bond donors (Lipinski definition) is 1. The zero-order valence-electron chi connectivity index (χ0n) is 15.8. The van der Waals surface area contributed by atoms with E-state index < -0.39 is 22.1 Å². The minimum atomic E-state index is -0.554. The zero-order chi connectivity index (χ0) is 21.3. The maximum atomic E-state index is 12.2. The van der Waals surface area contributed by atoms with Crippen molar-refractivity contribution < 1.29 is 9.72 Å². The van der Waals surface area contributed by atoms with Crippen molar-refractivity contribution in [1.29, 1.82) is 0 Å². The Morgan fingerprint density at radius 2 is 2.03 bits per heavy atom. The maximum absolute atomic E-state index is 12.2. The lowest BCUT2D eigenvalue weighted by molar-refractivity contribution is -0.385. The second kappa shape index (κ2) is 7.50. The smallest absolute Gasteiger partial charge is 0.307 e. The van der Waals surface area contributed by atoms with Crippen LogP contribution in [0.5, 0.6) is 0 Å². The number of carbonyl (C=O) groups is 1. The van der Waals surface area contributed by atoms with E-state index in [0.717, 1.165) is 4.57 Å². The van der Waals surface area contributed by atoms with Crippen molar-refractivity contribution in [3.8, 4) is 0 Å². The first kappa shape index (κ1) is 19.7. The first-order chi connectivity index (χ1) is 13.7. The average molecular weight is 399 g/mol. The van der Waals surface area contributed by atoms with Crippen molar-refractivity contribution in [3.63, 3.8) is 0 Å². The van der Waals surface area contributed by atoms with Crippen molar-refractivity contribution in [2.45, 2.75) is 13.5 Å². The van der Waals surface area contributed by atoms with E-state index in [0.29, 0.717) is 11.1 Å². The molecule has 12 heteroatoms. The highest BCUT2D eigenvalue weighted by atomic mass is 16.6. The summed E-state index contributed by atoms with van der Waals surface area (Å²) < 4.78 is 3.52. The SMILES string of the molecule is Cc1ccc(/C=N/NC(=O)Cn2cnc3c(=O)n(C)c(=O)n(C)c32)cc1[N+](=O)[O-]. The number of hydrogen-bond acceptors (Lipinski definition) is 7. The van der Waals surface area contributed by atoms with Crippen LogP contribution in [0.15, 0.2) is 39.2 Å². The summed E-state index contributed by atoms with van der Waals surface area (Å²) in [6.45, 7) is 1.39. The first-order valence-electron chi connectivity index (χ1n) is 8.38. The normalized spacial score (nSPS) is 11.3. The second-order valence-corrected chi connectivity index (χ2v) is 6.35.